The molecule has 2 unspecified atom stereocenters. The number of imide groups is 1. The Morgan fingerprint density at radius 2 is 1.77 bits per heavy atom. The zero-order valence-corrected chi connectivity index (χ0v) is 17.4. The van der Waals surface area contributed by atoms with Gasteiger partial charge in [0.05, 0.1) is 5.69 Å². The number of hydrogen-bond donors (Lipinski definition) is 0. The summed E-state index contributed by atoms with van der Waals surface area (Å²) >= 11 is 3.39. The minimum Gasteiger partial charge on any atom is -0.337 e. The molecule has 10 heteroatoms. The van der Waals surface area contributed by atoms with E-state index < -0.39 is 12.1 Å². The first-order valence-corrected chi connectivity index (χ1v) is 10.0. The Hall–Kier alpha value is -3.40. The molecule has 2 aliphatic heterocycles. The first-order chi connectivity index (χ1) is 14.5. The Balaban J connectivity index is 1.36. The van der Waals surface area contributed by atoms with Gasteiger partial charge in [0, 0.05) is 10.0 Å². The maximum absolute atomic E-state index is 13.0. The molecule has 5 rings (SSSR count). The number of hydrogen-bond acceptors (Lipinski definition) is 8. The van der Waals surface area contributed by atoms with E-state index in [2.05, 4.69) is 36.4 Å². The molecule has 0 radical (unpaired) electrons. The van der Waals surface area contributed by atoms with Gasteiger partial charge in [0.25, 0.3) is 11.8 Å². The lowest BCUT2D eigenvalue weighted by Crippen LogP contribution is -2.39. The number of carbonyl (C=O) groups is 2. The molecule has 150 valence electrons. The van der Waals surface area contributed by atoms with E-state index in [1.807, 2.05) is 43.3 Å². The molecule has 0 N–H and O–H groups in total. The Labute approximate surface area is 179 Å². The minimum atomic E-state index is -0.868. The highest BCUT2D eigenvalue weighted by Gasteiger charge is 2.55. The molecule has 2 aromatic carbocycles. The molecule has 2 atom stereocenters. The van der Waals surface area contributed by atoms with Crippen LogP contribution in [0.25, 0.3) is 11.4 Å². The molecule has 1 fully saturated rings. The highest BCUT2D eigenvalue weighted by Crippen LogP contribution is 2.33. The van der Waals surface area contributed by atoms with Crippen molar-refractivity contribution in [3.05, 3.63) is 64.5 Å². The van der Waals surface area contributed by atoms with Crippen LogP contribution in [0, 0.1) is 6.92 Å². The topological polar surface area (TPSA) is 104 Å². The van der Waals surface area contributed by atoms with Crippen molar-refractivity contribution >= 4 is 33.4 Å². The summed E-state index contributed by atoms with van der Waals surface area (Å²) in [6.45, 7) is 2.02. The molecule has 2 amide bonds. The van der Waals surface area contributed by atoms with Crippen molar-refractivity contribution in [3.63, 3.8) is 0 Å². The van der Waals surface area contributed by atoms with Gasteiger partial charge >= 0.3 is 0 Å². The molecule has 0 bridgehead atoms. The van der Waals surface area contributed by atoms with E-state index in [4.69, 9.17) is 4.52 Å². The van der Waals surface area contributed by atoms with Crippen LogP contribution < -0.4 is 4.90 Å². The molecular weight excluding hydrogens is 452 g/mol. The third kappa shape index (κ3) is 3.09. The quantitative estimate of drug-likeness (QED) is 0.546. The molecule has 2 aliphatic rings. The maximum atomic E-state index is 13.0. The second-order valence-electron chi connectivity index (χ2n) is 7.06. The van der Waals surface area contributed by atoms with Gasteiger partial charge in [0.1, 0.15) is 6.54 Å². The van der Waals surface area contributed by atoms with E-state index in [0.717, 1.165) is 15.6 Å². The highest BCUT2D eigenvalue weighted by atomic mass is 79.9. The standard InChI is InChI=1S/C20H15BrN6O3/c1-11-2-8-14(9-3-11)27-19(28)16-17(20(27)29)26(25-23-16)10-15-22-18(24-30-15)12-4-6-13(21)7-5-12/h2-9,16-17H,10H2,1H3. The molecule has 1 aromatic heterocycles. The predicted molar refractivity (Wildman–Crippen MR) is 109 cm³/mol. The summed E-state index contributed by atoms with van der Waals surface area (Å²) in [5.41, 5.74) is 2.36. The third-order valence-corrected chi connectivity index (χ3v) is 5.55. The smallest absolute Gasteiger partial charge is 0.263 e. The number of halogens is 1. The van der Waals surface area contributed by atoms with E-state index in [9.17, 15) is 9.59 Å². The number of nitrogens with zero attached hydrogens (tertiary/aromatic N) is 6. The van der Waals surface area contributed by atoms with Crippen molar-refractivity contribution < 1.29 is 14.1 Å². The zero-order chi connectivity index (χ0) is 20.8. The Kier molecular flexibility index (Phi) is 4.43. The number of amides is 2. The summed E-state index contributed by atoms with van der Waals surface area (Å²) in [5, 5.41) is 13.4. The fourth-order valence-corrected chi connectivity index (χ4v) is 3.74. The molecule has 30 heavy (non-hydrogen) atoms. The fourth-order valence-electron chi connectivity index (χ4n) is 3.48. The molecule has 3 aromatic rings. The van der Waals surface area contributed by atoms with Crippen LogP contribution in [0.1, 0.15) is 11.5 Å². The summed E-state index contributed by atoms with van der Waals surface area (Å²) in [5.74, 6) is -0.0467. The van der Waals surface area contributed by atoms with Crippen LogP contribution in [0.15, 0.2) is 67.9 Å². The normalized spacial score (nSPS) is 20.3. The van der Waals surface area contributed by atoms with Gasteiger partial charge in [-0.2, -0.15) is 10.1 Å². The first kappa shape index (κ1) is 18.6. The first-order valence-electron chi connectivity index (χ1n) is 9.22. The van der Waals surface area contributed by atoms with Gasteiger partial charge in [-0.3, -0.25) is 14.6 Å². The predicted octanol–water partition coefficient (Wildman–Crippen LogP) is 3.30. The van der Waals surface area contributed by atoms with Gasteiger partial charge in [0.2, 0.25) is 11.7 Å². The number of aryl methyl sites for hydroxylation is 1. The van der Waals surface area contributed by atoms with Crippen LogP contribution in [0.4, 0.5) is 5.69 Å². The summed E-state index contributed by atoms with van der Waals surface area (Å²) in [7, 11) is 0. The van der Waals surface area contributed by atoms with Crippen molar-refractivity contribution in [2.75, 3.05) is 4.90 Å². The highest BCUT2D eigenvalue weighted by molar-refractivity contribution is 9.10. The number of anilines is 1. The van der Waals surface area contributed by atoms with Gasteiger partial charge in [-0.25, -0.2) is 4.90 Å². The largest absolute Gasteiger partial charge is 0.337 e. The maximum Gasteiger partial charge on any atom is 0.263 e. The number of rotatable bonds is 4. The Morgan fingerprint density at radius 3 is 2.50 bits per heavy atom. The lowest BCUT2D eigenvalue weighted by molar-refractivity contribution is -0.123. The zero-order valence-electron chi connectivity index (χ0n) is 15.8. The molecule has 0 spiro atoms. The Bertz CT molecular complexity index is 1160. The average Bonchev–Trinajstić information content (AvgIpc) is 3.43. The van der Waals surface area contributed by atoms with Crippen LogP contribution in [-0.2, 0) is 16.1 Å². The van der Waals surface area contributed by atoms with E-state index in [1.165, 1.54) is 9.91 Å². The molecule has 9 nitrogen and oxygen atoms in total. The second-order valence-corrected chi connectivity index (χ2v) is 7.97. The van der Waals surface area contributed by atoms with Gasteiger partial charge in [-0.1, -0.05) is 44.0 Å². The van der Waals surface area contributed by atoms with Crippen LogP contribution in [0.2, 0.25) is 0 Å². The van der Waals surface area contributed by atoms with Crippen LogP contribution in [0.5, 0.6) is 0 Å². The van der Waals surface area contributed by atoms with E-state index in [1.54, 1.807) is 12.1 Å². The van der Waals surface area contributed by atoms with E-state index in [-0.39, 0.29) is 24.2 Å². The van der Waals surface area contributed by atoms with E-state index in [0.29, 0.717) is 11.5 Å². The minimum absolute atomic E-state index is 0.0783. The number of fused-ring (bicyclic) bond motifs is 1. The Morgan fingerprint density at radius 1 is 1.03 bits per heavy atom. The van der Waals surface area contributed by atoms with Gasteiger partial charge in [0.15, 0.2) is 12.1 Å². The molecule has 0 saturated carbocycles. The summed E-state index contributed by atoms with van der Waals surface area (Å²) in [6.07, 6.45) is 0. The van der Waals surface area contributed by atoms with Crippen LogP contribution in [0.3, 0.4) is 0 Å². The van der Waals surface area contributed by atoms with Gasteiger partial charge in [-0.05, 0) is 43.3 Å². The summed E-state index contributed by atoms with van der Waals surface area (Å²) in [6, 6.07) is 13.0. The average molecular weight is 467 g/mol. The SMILES string of the molecule is Cc1ccc(N2C(=O)C3N=NN(Cc4nc(-c5ccc(Br)cc5)no4)C3C2=O)cc1. The molecule has 0 aliphatic carbocycles. The lowest BCUT2D eigenvalue weighted by Gasteiger charge is -2.19. The summed E-state index contributed by atoms with van der Waals surface area (Å²) < 4.78 is 6.27. The number of benzene rings is 2. The molecule has 1 saturated heterocycles. The number of carbonyl (C=O) groups excluding carboxylic acids is 2. The third-order valence-electron chi connectivity index (χ3n) is 5.02. The van der Waals surface area contributed by atoms with Gasteiger partial charge < -0.3 is 4.52 Å². The van der Waals surface area contributed by atoms with Crippen molar-refractivity contribution in [2.24, 2.45) is 10.3 Å². The molecular formula is C20H15BrN6O3. The van der Waals surface area contributed by atoms with E-state index >= 15 is 0 Å². The van der Waals surface area contributed by atoms with Crippen LogP contribution in [-0.4, -0.2) is 39.0 Å². The van der Waals surface area contributed by atoms with Crippen molar-refractivity contribution in [1.82, 2.24) is 15.1 Å². The lowest BCUT2D eigenvalue weighted by atomic mass is 10.1. The van der Waals surface area contributed by atoms with Crippen molar-refractivity contribution in [1.29, 1.82) is 0 Å². The van der Waals surface area contributed by atoms with Crippen molar-refractivity contribution in [3.8, 4) is 11.4 Å². The molecule has 3 heterocycles. The van der Waals surface area contributed by atoms with Crippen LogP contribution >= 0.6 is 15.9 Å². The second kappa shape index (κ2) is 7.13. The van der Waals surface area contributed by atoms with Crippen molar-refractivity contribution in [2.45, 2.75) is 25.6 Å². The number of aromatic nitrogens is 2. The summed E-state index contributed by atoms with van der Waals surface area (Å²) in [4.78, 5) is 31.3. The fraction of sp³-hybridized carbons (Fsp3) is 0.200. The monoisotopic (exact) mass is 466 g/mol. The van der Waals surface area contributed by atoms with Gasteiger partial charge in [-0.15, -0.1) is 0 Å².